The first kappa shape index (κ1) is 25.5. The van der Waals surface area contributed by atoms with Gasteiger partial charge in [0.2, 0.25) is 11.9 Å². The van der Waals surface area contributed by atoms with Crippen LogP contribution in [0.4, 0.5) is 30.6 Å². The van der Waals surface area contributed by atoms with Crippen molar-refractivity contribution in [3.63, 3.8) is 0 Å². The van der Waals surface area contributed by atoms with Gasteiger partial charge < -0.3 is 15.5 Å². The Bertz CT molecular complexity index is 1480. The summed E-state index contributed by atoms with van der Waals surface area (Å²) >= 11 is 6.75. The number of nitrogens with one attached hydrogen (secondary N) is 2. The first-order valence-electron chi connectivity index (χ1n) is 11.9. The van der Waals surface area contributed by atoms with Crippen LogP contribution in [-0.4, -0.2) is 55.7 Å². The molecule has 38 heavy (non-hydrogen) atoms. The van der Waals surface area contributed by atoms with Gasteiger partial charge in [-0.25, -0.2) is 4.98 Å². The van der Waals surface area contributed by atoms with E-state index in [9.17, 15) is 28.5 Å². The van der Waals surface area contributed by atoms with Gasteiger partial charge in [0.15, 0.2) is 17.2 Å². The number of anilines is 3. The van der Waals surface area contributed by atoms with Crippen LogP contribution in [0.5, 0.6) is 0 Å². The van der Waals surface area contributed by atoms with Gasteiger partial charge >= 0.3 is 6.18 Å². The molecular formula is C24H21ClF3N9O. The zero-order valence-corrected chi connectivity index (χ0v) is 20.6. The molecular weight excluding hydrogens is 523 g/mol. The van der Waals surface area contributed by atoms with Gasteiger partial charge in [0.1, 0.15) is 12.5 Å². The zero-order valence-electron chi connectivity index (χ0n) is 19.9. The molecule has 3 heterocycles. The lowest BCUT2D eigenvalue weighted by molar-refractivity contribution is -0.162. The number of alkyl halides is 3. The molecule has 196 valence electrons. The third kappa shape index (κ3) is 5.43. The minimum absolute atomic E-state index is 0.130. The number of likely N-dealkylation sites (tertiary alicyclic amines) is 1. The first-order chi connectivity index (χ1) is 18.1. The van der Waals surface area contributed by atoms with Gasteiger partial charge in [0.25, 0.3) is 0 Å². The van der Waals surface area contributed by atoms with Crippen LogP contribution in [0.3, 0.4) is 0 Å². The molecule has 0 atom stereocenters. The van der Waals surface area contributed by atoms with Crippen molar-refractivity contribution in [1.82, 2.24) is 24.5 Å². The standard InChI is InChI=1S/C24H21ClF3N9O/c25-20-17(14-3-5-36(6-4-14)19(38)9-24(26,27)28)7-13(10-29)8-18(20)33-23-34-21(32-15-1-2-15)22-31-12-16(11-30)37(22)35-23/h7-8,12,14-15H,1-6,9H2,(H2,32,33,34,35). The number of nitriles is 2. The van der Waals surface area contributed by atoms with Crippen LogP contribution in [-0.2, 0) is 4.79 Å². The first-order valence-corrected chi connectivity index (χ1v) is 12.3. The smallest absolute Gasteiger partial charge is 0.364 e. The van der Waals surface area contributed by atoms with Crippen molar-refractivity contribution >= 4 is 40.6 Å². The minimum Gasteiger partial charge on any atom is -0.364 e. The van der Waals surface area contributed by atoms with E-state index in [1.54, 1.807) is 12.1 Å². The van der Waals surface area contributed by atoms with Gasteiger partial charge in [0.05, 0.1) is 28.5 Å². The van der Waals surface area contributed by atoms with E-state index in [1.807, 2.05) is 6.07 Å². The SMILES string of the molecule is N#Cc1cc(Nc2nc(NC3CC3)c3ncc(C#N)n3n2)c(Cl)c(C2CCN(C(=O)CC(F)(F)F)CC2)c1. The van der Waals surface area contributed by atoms with Crippen LogP contribution in [0.25, 0.3) is 5.65 Å². The molecule has 2 N–H and O–H groups in total. The molecule has 2 aliphatic rings. The molecule has 1 aliphatic carbocycles. The van der Waals surface area contributed by atoms with E-state index in [4.69, 9.17) is 11.6 Å². The summed E-state index contributed by atoms with van der Waals surface area (Å²) in [5, 5.41) is 30.1. The third-order valence-corrected chi connectivity index (χ3v) is 6.93. The predicted octanol–water partition coefficient (Wildman–Crippen LogP) is 4.50. The number of imidazole rings is 1. The van der Waals surface area contributed by atoms with Crippen molar-refractivity contribution in [2.75, 3.05) is 23.7 Å². The molecule has 5 rings (SSSR count). The highest BCUT2D eigenvalue weighted by Gasteiger charge is 2.35. The quantitative estimate of drug-likeness (QED) is 0.464. The lowest BCUT2D eigenvalue weighted by Crippen LogP contribution is -2.39. The molecule has 1 aliphatic heterocycles. The second kappa shape index (κ2) is 9.99. The maximum Gasteiger partial charge on any atom is 0.397 e. The second-order valence-electron chi connectivity index (χ2n) is 9.30. The van der Waals surface area contributed by atoms with Gasteiger partial charge in [0, 0.05) is 19.1 Å². The van der Waals surface area contributed by atoms with Crippen molar-refractivity contribution in [1.29, 1.82) is 10.5 Å². The Balaban J connectivity index is 1.41. The van der Waals surface area contributed by atoms with Crippen molar-refractivity contribution in [3.8, 4) is 12.1 Å². The number of halogens is 4. The molecule has 2 fully saturated rings. The maximum atomic E-state index is 12.6. The number of rotatable bonds is 6. The molecule has 1 aromatic carbocycles. The number of piperidine rings is 1. The summed E-state index contributed by atoms with van der Waals surface area (Å²) in [6, 6.07) is 7.60. The number of aromatic nitrogens is 4. The molecule has 0 spiro atoms. The van der Waals surface area contributed by atoms with E-state index in [-0.39, 0.29) is 36.7 Å². The van der Waals surface area contributed by atoms with Crippen LogP contribution < -0.4 is 10.6 Å². The molecule has 3 aromatic rings. The number of fused-ring (bicyclic) bond motifs is 1. The number of benzene rings is 1. The average molecular weight is 544 g/mol. The summed E-state index contributed by atoms with van der Waals surface area (Å²) in [5.74, 6) is -0.531. The number of amides is 1. The predicted molar refractivity (Wildman–Crippen MR) is 131 cm³/mol. The summed E-state index contributed by atoms with van der Waals surface area (Å²) < 4.78 is 39.2. The third-order valence-electron chi connectivity index (χ3n) is 6.51. The molecule has 10 nitrogen and oxygen atoms in total. The molecule has 1 saturated heterocycles. The number of carbonyl (C=O) groups is 1. The minimum atomic E-state index is -4.55. The van der Waals surface area contributed by atoms with E-state index in [1.165, 1.54) is 15.6 Å². The number of carbonyl (C=O) groups excluding carboxylic acids is 1. The lowest BCUT2D eigenvalue weighted by atomic mass is 9.88. The van der Waals surface area contributed by atoms with E-state index in [0.717, 1.165) is 12.8 Å². The monoisotopic (exact) mass is 543 g/mol. The van der Waals surface area contributed by atoms with E-state index < -0.39 is 18.5 Å². The largest absolute Gasteiger partial charge is 0.397 e. The topological polar surface area (TPSA) is 135 Å². The van der Waals surface area contributed by atoms with E-state index in [2.05, 4.69) is 31.8 Å². The van der Waals surface area contributed by atoms with Crippen LogP contribution in [0.2, 0.25) is 5.02 Å². The molecule has 0 radical (unpaired) electrons. The summed E-state index contributed by atoms with van der Waals surface area (Å²) in [7, 11) is 0. The van der Waals surface area contributed by atoms with Crippen molar-refractivity contribution in [2.45, 2.75) is 50.2 Å². The number of hydrogen-bond acceptors (Lipinski definition) is 8. The Kier molecular flexibility index (Phi) is 6.71. The second-order valence-corrected chi connectivity index (χ2v) is 9.68. The van der Waals surface area contributed by atoms with Crippen molar-refractivity contribution in [2.24, 2.45) is 0 Å². The van der Waals surface area contributed by atoms with E-state index >= 15 is 0 Å². The van der Waals surface area contributed by atoms with Crippen LogP contribution >= 0.6 is 11.6 Å². The average Bonchev–Trinajstić information content (AvgIpc) is 3.60. The molecule has 1 amide bonds. The molecule has 14 heteroatoms. The van der Waals surface area contributed by atoms with Crippen molar-refractivity contribution < 1.29 is 18.0 Å². The van der Waals surface area contributed by atoms with Gasteiger partial charge in [-0.05, 0) is 49.3 Å². The van der Waals surface area contributed by atoms with Crippen molar-refractivity contribution in [3.05, 3.63) is 40.2 Å². The normalized spacial score (nSPS) is 16.2. The van der Waals surface area contributed by atoms with Gasteiger partial charge in [-0.3, -0.25) is 4.79 Å². The Morgan fingerprint density at radius 3 is 2.53 bits per heavy atom. The fourth-order valence-electron chi connectivity index (χ4n) is 4.47. The highest BCUT2D eigenvalue weighted by molar-refractivity contribution is 6.34. The lowest BCUT2D eigenvalue weighted by Gasteiger charge is -2.33. The van der Waals surface area contributed by atoms with Crippen LogP contribution in [0, 0.1) is 22.7 Å². The molecule has 0 bridgehead atoms. The summed E-state index contributed by atoms with van der Waals surface area (Å²) in [6.45, 7) is 0.311. The fraction of sp³-hybridized carbons (Fsp3) is 0.417. The fourth-order valence-corrected chi connectivity index (χ4v) is 4.78. The Morgan fingerprint density at radius 2 is 1.89 bits per heavy atom. The summed E-state index contributed by atoms with van der Waals surface area (Å²) in [5.41, 5.74) is 1.96. The van der Waals surface area contributed by atoms with Gasteiger partial charge in [-0.1, -0.05) is 11.6 Å². The zero-order chi connectivity index (χ0) is 27.0. The molecule has 2 aromatic heterocycles. The van der Waals surface area contributed by atoms with Crippen LogP contribution in [0.15, 0.2) is 18.3 Å². The number of nitrogens with zero attached hydrogens (tertiary/aromatic N) is 7. The molecule has 1 saturated carbocycles. The summed E-state index contributed by atoms with van der Waals surface area (Å²) in [6.07, 6.45) is -1.85. The highest BCUT2D eigenvalue weighted by Crippen LogP contribution is 2.39. The number of hydrogen-bond donors (Lipinski definition) is 2. The Hall–Kier alpha value is -4.10. The molecule has 0 unspecified atom stereocenters. The Morgan fingerprint density at radius 1 is 1.16 bits per heavy atom. The summed E-state index contributed by atoms with van der Waals surface area (Å²) in [4.78, 5) is 21.9. The van der Waals surface area contributed by atoms with E-state index in [0.29, 0.717) is 46.1 Å². The Labute approximate surface area is 220 Å². The maximum absolute atomic E-state index is 12.6. The van der Waals surface area contributed by atoms with Gasteiger partial charge in [-0.15, -0.1) is 5.10 Å². The van der Waals surface area contributed by atoms with Gasteiger partial charge in [-0.2, -0.15) is 33.2 Å². The highest BCUT2D eigenvalue weighted by atomic mass is 35.5. The van der Waals surface area contributed by atoms with Crippen LogP contribution in [0.1, 0.15) is 54.8 Å².